The van der Waals surface area contributed by atoms with E-state index in [0.29, 0.717) is 16.6 Å². The normalized spacial score (nSPS) is 12.1. The summed E-state index contributed by atoms with van der Waals surface area (Å²) in [6.07, 6.45) is 0.905. The van der Waals surface area contributed by atoms with E-state index in [0.717, 1.165) is 34.0 Å². The van der Waals surface area contributed by atoms with Gasteiger partial charge in [-0.05, 0) is 50.1 Å². The molecule has 0 aliphatic carbocycles. The number of carbonyl (C=O) groups excluding carboxylic acids is 1. The highest BCUT2D eigenvalue weighted by molar-refractivity contribution is 9.09. The molecule has 5 heteroatoms. The molecule has 0 aliphatic rings. The number of hydrogen-bond acceptors (Lipinski definition) is 1. The Balaban J connectivity index is 2.20. The summed E-state index contributed by atoms with van der Waals surface area (Å²) in [6.45, 7) is 4.63. The van der Waals surface area contributed by atoms with E-state index in [9.17, 15) is 4.79 Å². The van der Waals surface area contributed by atoms with Crippen molar-refractivity contribution in [2.24, 2.45) is 0 Å². The minimum atomic E-state index is 0.0337. The van der Waals surface area contributed by atoms with Gasteiger partial charge in [-0.1, -0.05) is 62.4 Å². The van der Waals surface area contributed by atoms with Crippen molar-refractivity contribution in [3.63, 3.8) is 0 Å². The van der Waals surface area contributed by atoms with E-state index in [-0.39, 0.29) is 11.8 Å². The predicted molar refractivity (Wildman–Crippen MR) is 110 cm³/mol. The first-order chi connectivity index (χ1) is 11.8. The maximum Gasteiger partial charge on any atom is 0.253 e. The van der Waals surface area contributed by atoms with E-state index in [1.165, 1.54) is 0 Å². The largest absolute Gasteiger partial charge is 0.341 e. The van der Waals surface area contributed by atoms with Gasteiger partial charge in [0.05, 0.1) is 10.0 Å². The molecule has 0 radical (unpaired) electrons. The number of halogens is 3. The monoisotopic (exact) mass is 441 g/mol. The SMILES string of the molecule is Cc1cc(C)cc(C(=O)N(C)CC(CCBr)c2ccc(Cl)c(Cl)c2)c1. The van der Waals surface area contributed by atoms with Crippen LogP contribution < -0.4 is 0 Å². The van der Waals surface area contributed by atoms with Crippen LogP contribution in [0.5, 0.6) is 0 Å². The van der Waals surface area contributed by atoms with Gasteiger partial charge in [0.25, 0.3) is 5.91 Å². The van der Waals surface area contributed by atoms with Crippen LogP contribution in [0.4, 0.5) is 0 Å². The van der Waals surface area contributed by atoms with Crippen LogP contribution >= 0.6 is 39.1 Å². The molecule has 0 aliphatic heterocycles. The Morgan fingerprint density at radius 2 is 1.72 bits per heavy atom. The highest BCUT2D eigenvalue weighted by Gasteiger charge is 2.19. The summed E-state index contributed by atoms with van der Waals surface area (Å²) in [5.74, 6) is 0.223. The zero-order valence-electron chi connectivity index (χ0n) is 14.7. The van der Waals surface area contributed by atoms with E-state index < -0.39 is 0 Å². The molecule has 0 heterocycles. The fraction of sp³-hybridized carbons (Fsp3) is 0.350. The number of aryl methyl sites for hydroxylation is 2. The van der Waals surface area contributed by atoms with Crippen LogP contribution in [0.1, 0.15) is 39.4 Å². The van der Waals surface area contributed by atoms with E-state index in [2.05, 4.69) is 22.0 Å². The van der Waals surface area contributed by atoms with Crippen molar-refractivity contribution in [3.05, 3.63) is 68.7 Å². The van der Waals surface area contributed by atoms with Crippen molar-refractivity contribution >= 4 is 45.0 Å². The highest BCUT2D eigenvalue weighted by Crippen LogP contribution is 2.29. The van der Waals surface area contributed by atoms with Gasteiger partial charge in [-0.15, -0.1) is 0 Å². The molecule has 1 unspecified atom stereocenters. The molecule has 134 valence electrons. The number of benzene rings is 2. The van der Waals surface area contributed by atoms with Crippen molar-refractivity contribution in [2.75, 3.05) is 18.9 Å². The smallest absolute Gasteiger partial charge is 0.253 e. The number of amides is 1. The predicted octanol–water partition coefficient (Wildman–Crippen LogP) is 6.25. The molecule has 0 saturated heterocycles. The Labute approximate surface area is 168 Å². The van der Waals surface area contributed by atoms with Gasteiger partial charge >= 0.3 is 0 Å². The maximum absolute atomic E-state index is 12.8. The Kier molecular flexibility index (Phi) is 7.36. The van der Waals surface area contributed by atoms with Crippen LogP contribution in [0.25, 0.3) is 0 Å². The van der Waals surface area contributed by atoms with Gasteiger partial charge in [0.1, 0.15) is 0 Å². The first kappa shape index (κ1) is 20.3. The van der Waals surface area contributed by atoms with Crippen molar-refractivity contribution in [3.8, 4) is 0 Å². The maximum atomic E-state index is 12.8. The fourth-order valence-corrected chi connectivity index (χ4v) is 3.85. The molecule has 0 aromatic heterocycles. The third-order valence-corrected chi connectivity index (χ3v) is 5.38. The second kappa shape index (κ2) is 9.07. The minimum Gasteiger partial charge on any atom is -0.341 e. The van der Waals surface area contributed by atoms with Crippen molar-refractivity contribution in [2.45, 2.75) is 26.2 Å². The van der Waals surface area contributed by atoms with Crippen LogP contribution in [0.2, 0.25) is 10.0 Å². The van der Waals surface area contributed by atoms with Crippen LogP contribution in [0, 0.1) is 13.8 Å². The lowest BCUT2D eigenvalue weighted by Crippen LogP contribution is -2.31. The summed E-state index contributed by atoms with van der Waals surface area (Å²) in [5, 5.41) is 1.94. The third-order valence-electron chi connectivity index (χ3n) is 4.18. The molecule has 0 bridgehead atoms. The van der Waals surface area contributed by atoms with Gasteiger partial charge in [0.15, 0.2) is 0 Å². The lowest BCUT2D eigenvalue weighted by atomic mass is 9.95. The molecule has 2 nitrogen and oxygen atoms in total. The fourth-order valence-electron chi connectivity index (χ4n) is 2.99. The van der Waals surface area contributed by atoms with Crippen molar-refractivity contribution in [1.29, 1.82) is 0 Å². The molecule has 0 fully saturated rings. The van der Waals surface area contributed by atoms with Crippen LogP contribution in [0.15, 0.2) is 36.4 Å². The summed E-state index contributed by atoms with van der Waals surface area (Å²) in [5.41, 5.74) is 4.01. The van der Waals surface area contributed by atoms with E-state index in [1.54, 1.807) is 4.90 Å². The molecule has 2 rings (SSSR count). The molecule has 1 amide bonds. The average molecular weight is 443 g/mol. The second-order valence-corrected chi connectivity index (χ2v) is 8.02. The number of rotatable bonds is 6. The van der Waals surface area contributed by atoms with Crippen molar-refractivity contribution < 1.29 is 4.79 Å². The Morgan fingerprint density at radius 1 is 1.08 bits per heavy atom. The number of likely N-dealkylation sites (N-methyl/N-ethyl adjacent to an activating group) is 1. The van der Waals surface area contributed by atoms with Gasteiger partial charge in [-0.25, -0.2) is 0 Å². The zero-order chi connectivity index (χ0) is 18.6. The number of carbonyl (C=O) groups is 1. The quantitative estimate of drug-likeness (QED) is 0.484. The van der Waals surface area contributed by atoms with Gasteiger partial charge in [0, 0.05) is 30.4 Å². The Morgan fingerprint density at radius 3 is 2.28 bits per heavy atom. The van der Waals surface area contributed by atoms with Gasteiger partial charge in [-0.3, -0.25) is 4.79 Å². The summed E-state index contributed by atoms with van der Waals surface area (Å²) in [7, 11) is 1.85. The van der Waals surface area contributed by atoms with E-state index in [1.807, 2.05) is 51.2 Å². The Hall–Kier alpha value is -1.03. The molecule has 25 heavy (non-hydrogen) atoms. The molecule has 1 atom stereocenters. The van der Waals surface area contributed by atoms with Crippen molar-refractivity contribution in [1.82, 2.24) is 4.90 Å². The number of nitrogens with zero attached hydrogens (tertiary/aromatic N) is 1. The van der Waals surface area contributed by atoms with Crippen LogP contribution in [0.3, 0.4) is 0 Å². The summed E-state index contributed by atoms with van der Waals surface area (Å²) in [6, 6.07) is 11.6. The standard InChI is InChI=1S/C20H22BrCl2NO/c1-13-8-14(2)10-17(9-13)20(25)24(3)12-16(6-7-21)15-4-5-18(22)19(23)11-15/h4-5,8-11,16H,6-7,12H2,1-3H3. The molecule has 2 aromatic rings. The van der Waals surface area contributed by atoms with Crippen LogP contribution in [-0.4, -0.2) is 29.7 Å². The average Bonchev–Trinajstić information content (AvgIpc) is 2.55. The van der Waals surface area contributed by atoms with Gasteiger partial charge in [-0.2, -0.15) is 0 Å². The summed E-state index contributed by atoms with van der Waals surface area (Å²) in [4.78, 5) is 14.6. The first-order valence-electron chi connectivity index (χ1n) is 8.16. The first-order valence-corrected chi connectivity index (χ1v) is 10.0. The molecule has 0 spiro atoms. The van der Waals surface area contributed by atoms with Gasteiger partial charge in [0.2, 0.25) is 0 Å². The molecule has 0 N–H and O–H groups in total. The topological polar surface area (TPSA) is 20.3 Å². The number of hydrogen-bond donors (Lipinski definition) is 0. The zero-order valence-corrected chi connectivity index (χ0v) is 17.7. The molecule has 2 aromatic carbocycles. The van der Waals surface area contributed by atoms with E-state index in [4.69, 9.17) is 23.2 Å². The third kappa shape index (κ3) is 5.47. The molecular formula is C20H22BrCl2NO. The van der Waals surface area contributed by atoms with E-state index >= 15 is 0 Å². The molecule has 0 saturated carbocycles. The highest BCUT2D eigenvalue weighted by atomic mass is 79.9. The molecular weight excluding hydrogens is 421 g/mol. The Bertz CT molecular complexity index is 743. The summed E-state index contributed by atoms with van der Waals surface area (Å²) >= 11 is 15.7. The van der Waals surface area contributed by atoms with Gasteiger partial charge < -0.3 is 4.90 Å². The minimum absolute atomic E-state index is 0.0337. The number of alkyl halides is 1. The van der Waals surface area contributed by atoms with Crippen LogP contribution in [-0.2, 0) is 0 Å². The lowest BCUT2D eigenvalue weighted by molar-refractivity contribution is 0.0785. The summed E-state index contributed by atoms with van der Waals surface area (Å²) < 4.78 is 0. The lowest BCUT2D eigenvalue weighted by Gasteiger charge is -2.25. The second-order valence-electron chi connectivity index (χ2n) is 6.41.